The maximum Gasteiger partial charge on any atom is 0.306 e. The second-order valence-corrected chi connectivity index (χ2v) is 7.53. The first kappa shape index (κ1) is 22.4. The molecule has 3 rings (SSSR count). The van der Waals surface area contributed by atoms with E-state index in [1.54, 1.807) is 7.11 Å². The van der Waals surface area contributed by atoms with Crippen LogP contribution in [-0.4, -0.2) is 19.7 Å². The average molecular weight is 419 g/mol. The standard InChI is InChI=1S/C27H30O4/c1-5-30-26(28)15-13-22-12-14-24(17-25(22)29-4)31-18-21-10-7-11-23(16-21)27-19(2)8-6-9-20(27)3/h6-12,14,16-17H,5,13,15,18H2,1-4H3. The third kappa shape index (κ3) is 5.88. The quantitative estimate of drug-likeness (QED) is 0.397. The van der Waals surface area contributed by atoms with Crippen LogP contribution in [0.25, 0.3) is 11.1 Å². The summed E-state index contributed by atoms with van der Waals surface area (Å²) in [5, 5.41) is 0. The van der Waals surface area contributed by atoms with Crippen LogP contribution in [0.5, 0.6) is 11.5 Å². The van der Waals surface area contributed by atoms with Crippen LogP contribution in [0, 0.1) is 13.8 Å². The number of aryl methyl sites for hydroxylation is 3. The van der Waals surface area contributed by atoms with Gasteiger partial charge in [0.15, 0.2) is 0 Å². The minimum Gasteiger partial charge on any atom is -0.496 e. The van der Waals surface area contributed by atoms with E-state index in [9.17, 15) is 4.79 Å². The van der Waals surface area contributed by atoms with Crippen molar-refractivity contribution in [3.63, 3.8) is 0 Å². The maximum absolute atomic E-state index is 11.6. The second kappa shape index (κ2) is 10.7. The summed E-state index contributed by atoms with van der Waals surface area (Å²) in [4.78, 5) is 11.6. The zero-order valence-electron chi connectivity index (χ0n) is 18.7. The van der Waals surface area contributed by atoms with E-state index in [0.717, 1.165) is 16.9 Å². The van der Waals surface area contributed by atoms with E-state index in [-0.39, 0.29) is 5.97 Å². The van der Waals surface area contributed by atoms with Crippen LogP contribution in [0.1, 0.15) is 35.6 Å². The molecular formula is C27H30O4. The van der Waals surface area contributed by atoms with Gasteiger partial charge >= 0.3 is 5.97 Å². The van der Waals surface area contributed by atoms with Crippen LogP contribution in [0.15, 0.2) is 60.7 Å². The van der Waals surface area contributed by atoms with E-state index >= 15 is 0 Å². The van der Waals surface area contributed by atoms with Crippen molar-refractivity contribution in [3.05, 3.63) is 82.9 Å². The van der Waals surface area contributed by atoms with E-state index in [1.807, 2.05) is 25.1 Å². The van der Waals surface area contributed by atoms with Gasteiger partial charge in [-0.25, -0.2) is 0 Å². The topological polar surface area (TPSA) is 44.8 Å². The van der Waals surface area contributed by atoms with Crippen LogP contribution < -0.4 is 9.47 Å². The fourth-order valence-electron chi connectivity index (χ4n) is 3.74. The monoisotopic (exact) mass is 418 g/mol. The molecule has 0 aliphatic carbocycles. The first-order chi connectivity index (χ1) is 15.0. The van der Waals surface area contributed by atoms with Gasteiger partial charge < -0.3 is 14.2 Å². The number of carbonyl (C=O) groups is 1. The minimum atomic E-state index is -0.200. The van der Waals surface area contributed by atoms with Crippen molar-refractivity contribution < 1.29 is 19.0 Å². The molecule has 0 fully saturated rings. The van der Waals surface area contributed by atoms with Crippen LogP contribution in [0.2, 0.25) is 0 Å². The zero-order valence-corrected chi connectivity index (χ0v) is 18.7. The van der Waals surface area contributed by atoms with Gasteiger partial charge in [-0.3, -0.25) is 4.79 Å². The van der Waals surface area contributed by atoms with Crippen molar-refractivity contribution in [2.24, 2.45) is 0 Å². The molecule has 0 heterocycles. The molecule has 0 radical (unpaired) electrons. The molecule has 0 saturated carbocycles. The van der Waals surface area contributed by atoms with Crippen LogP contribution >= 0.6 is 0 Å². The fraction of sp³-hybridized carbons (Fsp3) is 0.296. The minimum absolute atomic E-state index is 0.200. The van der Waals surface area contributed by atoms with Gasteiger partial charge in [-0.1, -0.05) is 42.5 Å². The highest BCUT2D eigenvalue weighted by Gasteiger charge is 2.10. The maximum atomic E-state index is 11.6. The molecule has 0 bridgehead atoms. The smallest absolute Gasteiger partial charge is 0.306 e. The molecule has 162 valence electrons. The van der Waals surface area contributed by atoms with Crippen LogP contribution in [-0.2, 0) is 22.6 Å². The molecule has 4 nitrogen and oxygen atoms in total. The molecule has 4 heteroatoms. The Morgan fingerprint density at radius 3 is 2.39 bits per heavy atom. The molecule has 0 N–H and O–H groups in total. The van der Waals surface area contributed by atoms with Crippen LogP contribution in [0.3, 0.4) is 0 Å². The summed E-state index contributed by atoms with van der Waals surface area (Å²) in [5.74, 6) is 1.24. The van der Waals surface area contributed by atoms with E-state index in [4.69, 9.17) is 14.2 Å². The second-order valence-electron chi connectivity index (χ2n) is 7.53. The lowest BCUT2D eigenvalue weighted by Crippen LogP contribution is -2.06. The van der Waals surface area contributed by atoms with Crippen molar-refractivity contribution in [1.82, 2.24) is 0 Å². The lowest BCUT2D eigenvalue weighted by Gasteiger charge is -2.13. The Labute approximate surface area is 184 Å². The highest BCUT2D eigenvalue weighted by Crippen LogP contribution is 2.29. The van der Waals surface area contributed by atoms with Crippen molar-refractivity contribution >= 4 is 5.97 Å². The number of benzene rings is 3. The largest absolute Gasteiger partial charge is 0.496 e. The number of ether oxygens (including phenoxy) is 3. The molecule has 3 aromatic rings. The van der Waals surface area contributed by atoms with Crippen molar-refractivity contribution in [2.75, 3.05) is 13.7 Å². The van der Waals surface area contributed by atoms with E-state index in [0.29, 0.717) is 31.8 Å². The van der Waals surface area contributed by atoms with Crippen molar-refractivity contribution in [1.29, 1.82) is 0 Å². The number of carbonyl (C=O) groups excluding carboxylic acids is 1. The normalized spacial score (nSPS) is 10.6. The summed E-state index contributed by atoms with van der Waals surface area (Å²) in [6.45, 7) is 6.95. The van der Waals surface area contributed by atoms with Gasteiger partial charge in [0, 0.05) is 12.5 Å². The van der Waals surface area contributed by atoms with Crippen molar-refractivity contribution in [2.45, 2.75) is 40.2 Å². The molecule has 0 amide bonds. The molecule has 0 unspecified atom stereocenters. The molecule has 0 spiro atoms. The van der Waals surface area contributed by atoms with E-state index in [1.165, 1.54) is 22.3 Å². The Morgan fingerprint density at radius 1 is 0.935 bits per heavy atom. The first-order valence-corrected chi connectivity index (χ1v) is 10.6. The number of hydrogen-bond acceptors (Lipinski definition) is 4. The lowest BCUT2D eigenvalue weighted by molar-refractivity contribution is -0.143. The van der Waals surface area contributed by atoms with Gasteiger partial charge in [0.2, 0.25) is 0 Å². The lowest BCUT2D eigenvalue weighted by atomic mass is 9.95. The number of methoxy groups -OCH3 is 1. The van der Waals surface area contributed by atoms with E-state index in [2.05, 4.69) is 56.3 Å². The molecule has 0 aliphatic heterocycles. The summed E-state index contributed by atoms with van der Waals surface area (Å²) in [6, 6.07) is 20.6. The number of esters is 1. The summed E-state index contributed by atoms with van der Waals surface area (Å²) in [7, 11) is 1.63. The Balaban J connectivity index is 1.69. The van der Waals surface area contributed by atoms with E-state index < -0.39 is 0 Å². The van der Waals surface area contributed by atoms with Gasteiger partial charge in [-0.05, 0) is 72.7 Å². The van der Waals surface area contributed by atoms with Gasteiger partial charge in [-0.2, -0.15) is 0 Å². The summed E-state index contributed by atoms with van der Waals surface area (Å²) < 4.78 is 16.5. The number of hydrogen-bond donors (Lipinski definition) is 0. The van der Waals surface area contributed by atoms with Gasteiger partial charge in [-0.15, -0.1) is 0 Å². The highest BCUT2D eigenvalue weighted by molar-refractivity contribution is 5.71. The molecule has 0 atom stereocenters. The molecule has 0 aromatic heterocycles. The zero-order chi connectivity index (χ0) is 22.2. The molecule has 0 aliphatic rings. The van der Waals surface area contributed by atoms with Gasteiger partial charge in [0.1, 0.15) is 18.1 Å². The highest BCUT2D eigenvalue weighted by atomic mass is 16.5. The Morgan fingerprint density at radius 2 is 1.68 bits per heavy atom. The summed E-state index contributed by atoms with van der Waals surface area (Å²) >= 11 is 0. The summed E-state index contributed by atoms with van der Waals surface area (Å²) in [6.07, 6.45) is 0.898. The Bertz CT molecular complexity index is 1020. The molecule has 0 saturated heterocycles. The first-order valence-electron chi connectivity index (χ1n) is 10.6. The average Bonchev–Trinajstić information content (AvgIpc) is 2.77. The van der Waals surface area contributed by atoms with Crippen LogP contribution in [0.4, 0.5) is 0 Å². The van der Waals surface area contributed by atoms with Crippen molar-refractivity contribution in [3.8, 4) is 22.6 Å². The predicted molar refractivity (Wildman–Crippen MR) is 124 cm³/mol. The van der Waals surface area contributed by atoms with Gasteiger partial charge in [0.05, 0.1) is 13.7 Å². The molecular weight excluding hydrogens is 388 g/mol. The fourth-order valence-corrected chi connectivity index (χ4v) is 3.74. The Hall–Kier alpha value is -3.27. The third-order valence-corrected chi connectivity index (χ3v) is 5.26. The predicted octanol–water partition coefficient (Wildman–Crippen LogP) is 6.05. The molecule has 3 aromatic carbocycles. The number of rotatable bonds is 9. The van der Waals surface area contributed by atoms with Gasteiger partial charge in [0.25, 0.3) is 0 Å². The summed E-state index contributed by atoms with van der Waals surface area (Å²) in [5.41, 5.74) is 7.06. The molecule has 31 heavy (non-hydrogen) atoms. The SMILES string of the molecule is CCOC(=O)CCc1ccc(OCc2cccc(-c3c(C)cccc3C)c2)cc1OC. The third-order valence-electron chi connectivity index (χ3n) is 5.26. The Kier molecular flexibility index (Phi) is 7.71.